The molecule has 0 saturated heterocycles. The predicted molar refractivity (Wildman–Crippen MR) is 78.8 cm³/mol. The highest BCUT2D eigenvalue weighted by Gasteiger charge is 2.28. The van der Waals surface area contributed by atoms with Gasteiger partial charge in [-0.05, 0) is 38.0 Å². The summed E-state index contributed by atoms with van der Waals surface area (Å²) in [7, 11) is 1.82. The van der Waals surface area contributed by atoms with E-state index >= 15 is 0 Å². The van der Waals surface area contributed by atoms with Crippen molar-refractivity contribution in [3.8, 4) is 0 Å². The molecule has 1 saturated carbocycles. The lowest BCUT2D eigenvalue weighted by molar-refractivity contribution is 0.506. The van der Waals surface area contributed by atoms with Gasteiger partial charge in [-0.3, -0.25) is 0 Å². The van der Waals surface area contributed by atoms with Crippen LogP contribution in [0.4, 0.5) is 14.6 Å². The van der Waals surface area contributed by atoms with Crippen molar-refractivity contribution in [2.24, 2.45) is 0 Å². The van der Waals surface area contributed by atoms with Crippen LogP contribution in [-0.2, 0) is 0 Å². The Morgan fingerprint density at radius 3 is 2.57 bits per heavy atom. The van der Waals surface area contributed by atoms with Crippen LogP contribution in [0.25, 0.3) is 0 Å². The summed E-state index contributed by atoms with van der Waals surface area (Å²) >= 11 is 1.33. The SMILES string of the molecule is CNc1nc(C2CC2)nc(Sc2ccc(F)c(F)c2)c1C. The molecule has 0 aliphatic heterocycles. The molecule has 0 radical (unpaired) electrons. The number of benzene rings is 1. The first-order valence-electron chi connectivity index (χ1n) is 6.77. The fourth-order valence-electron chi connectivity index (χ4n) is 2.03. The zero-order valence-electron chi connectivity index (χ0n) is 11.8. The highest BCUT2D eigenvalue weighted by molar-refractivity contribution is 7.99. The number of hydrogen-bond acceptors (Lipinski definition) is 4. The second kappa shape index (κ2) is 5.60. The van der Waals surface area contributed by atoms with Gasteiger partial charge in [-0.15, -0.1) is 0 Å². The van der Waals surface area contributed by atoms with E-state index in [1.807, 2.05) is 14.0 Å². The first kappa shape index (κ1) is 14.3. The number of anilines is 1. The Morgan fingerprint density at radius 2 is 1.95 bits per heavy atom. The van der Waals surface area contributed by atoms with Gasteiger partial charge in [0.25, 0.3) is 0 Å². The lowest BCUT2D eigenvalue weighted by Gasteiger charge is -2.11. The molecular formula is C15H15F2N3S. The Bertz CT molecular complexity index is 687. The molecule has 21 heavy (non-hydrogen) atoms. The van der Waals surface area contributed by atoms with Crippen LogP contribution < -0.4 is 5.32 Å². The normalized spacial score (nSPS) is 14.3. The van der Waals surface area contributed by atoms with E-state index in [2.05, 4.69) is 15.3 Å². The smallest absolute Gasteiger partial charge is 0.159 e. The Hall–Kier alpha value is -1.69. The van der Waals surface area contributed by atoms with Crippen LogP contribution in [0.1, 0.15) is 30.1 Å². The van der Waals surface area contributed by atoms with E-state index in [1.165, 1.54) is 17.8 Å². The molecule has 110 valence electrons. The van der Waals surface area contributed by atoms with E-state index in [9.17, 15) is 8.78 Å². The molecular weight excluding hydrogens is 292 g/mol. The molecule has 1 aliphatic rings. The first-order chi connectivity index (χ1) is 10.1. The van der Waals surface area contributed by atoms with Crippen LogP contribution in [0, 0.1) is 18.6 Å². The summed E-state index contributed by atoms with van der Waals surface area (Å²) in [5.74, 6) is 0.366. The van der Waals surface area contributed by atoms with Gasteiger partial charge in [-0.25, -0.2) is 18.7 Å². The summed E-state index contributed by atoms with van der Waals surface area (Å²) in [4.78, 5) is 9.73. The van der Waals surface area contributed by atoms with Crippen molar-refractivity contribution in [1.82, 2.24) is 9.97 Å². The van der Waals surface area contributed by atoms with E-state index in [4.69, 9.17) is 0 Å². The molecule has 3 nitrogen and oxygen atoms in total. The van der Waals surface area contributed by atoms with Gasteiger partial charge in [0, 0.05) is 23.4 Å². The summed E-state index contributed by atoms with van der Waals surface area (Å²) in [5.41, 5.74) is 0.914. The van der Waals surface area contributed by atoms with Gasteiger partial charge in [0.15, 0.2) is 11.6 Å². The molecule has 0 bridgehead atoms. The molecule has 1 fully saturated rings. The highest BCUT2D eigenvalue weighted by atomic mass is 32.2. The van der Waals surface area contributed by atoms with E-state index in [0.29, 0.717) is 10.8 Å². The van der Waals surface area contributed by atoms with Gasteiger partial charge >= 0.3 is 0 Å². The average Bonchev–Trinajstić information content (AvgIpc) is 3.29. The summed E-state index contributed by atoms with van der Waals surface area (Å²) in [6.45, 7) is 1.92. The van der Waals surface area contributed by atoms with Gasteiger partial charge in [-0.1, -0.05) is 11.8 Å². The summed E-state index contributed by atoms with van der Waals surface area (Å²) in [6.07, 6.45) is 2.23. The number of halogens is 2. The summed E-state index contributed by atoms with van der Waals surface area (Å²) in [5, 5.41) is 3.85. The Labute approximate surface area is 126 Å². The summed E-state index contributed by atoms with van der Waals surface area (Å²) in [6, 6.07) is 3.88. The van der Waals surface area contributed by atoms with Crippen molar-refractivity contribution in [3.63, 3.8) is 0 Å². The van der Waals surface area contributed by atoms with E-state index in [1.54, 1.807) is 6.07 Å². The minimum Gasteiger partial charge on any atom is -0.373 e. The molecule has 3 rings (SSSR count). The van der Waals surface area contributed by atoms with Crippen molar-refractivity contribution < 1.29 is 8.78 Å². The highest BCUT2D eigenvalue weighted by Crippen LogP contribution is 2.41. The predicted octanol–water partition coefficient (Wildman–Crippen LogP) is 4.13. The number of nitrogens with zero attached hydrogens (tertiary/aromatic N) is 2. The van der Waals surface area contributed by atoms with E-state index < -0.39 is 11.6 Å². The van der Waals surface area contributed by atoms with Crippen molar-refractivity contribution in [1.29, 1.82) is 0 Å². The molecule has 1 aliphatic carbocycles. The topological polar surface area (TPSA) is 37.8 Å². The molecule has 1 aromatic heterocycles. The first-order valence-corrected chi connectivity index (χ1v) is 7.59. The lowest BCUT2D eigenvalue weighted by Crippen LogP contribution is -2.04. The fourth-order valence-corrected chi connectivity index (χ4v) is 2.94. The van der Waals surface area contributed by atoms with Crippen molar-refractivity contribution in [3.05, 3.63) is 41.2 Å². The monoisotopic (exact) mass is 307 g/mol. The molecule has 0 unspecified atom stereocenters. The maximum Gasteiger partial charge on any atom is 0.159 e. The van der Waals surface area contributed by atoms with Crippen molar-refractivity contribution in [2.45, 2.75) is 35.6 Å². The molecule has 0 atom stereocenters. The van der Waals surface area contributed by atoms with Gasteiger partial charge in [0.2, 0.25) is 0 Å². The van der Waals surface area contributed by atoms with E-state index in [-0.39, 0.29) is 0 Å². The fraction of sp³-hybridized carbons (Fsp3) is 0.333. The molecule has 1 N–H and O–H groups in total. The van der Waals surface area contributed by atoms with Crippen LogP contribution >= 0.6 is 11.8 Å². The molecule has 1 heterocycles. The second-order valence-corrected chi connectivity index (χ2v) is 6.13. The van der Waals surface area contributed by atoms with E-state index in [0.717, 1.165) is 41.1 Å². The molecule has 1 aromatic carbocycles. The zero-order valence-corrected chi connectivity index (χ0v) is 12.6. The number of hydrogen-bond donors (Lipinski definition) is 1. The minimum atomic E-state index is -0.844. The number of rotatable bonds is 4. The number of aromatic nitrogens is 2. The second-order valence-electron chi connectivity index (χ2n) is 5.06. The number of nitrogens with one attached hydrogen (secondary N) is 1. The Balaban J connectivity index is 1.96. The van der Waals surface area contributed by atoms with Gasteiger partial charge in [-0.2, -0.15) is 0 Å². The van der Waals surface area contributed by atoms with Crippen LogP contribution in [0.2, 0.25) is 0 Å². The third-order valence-electron chi connectivity index (χ3n) is 3.40. The maximum absolute atomic E-state index is 13.3. The average molecular weight is 307 g/mol. The molecule has 0 amide bonds. The van der Waals surface area contributed by atoms with Gasteiger partial charge < -0.3 is 5.32 Å². The largest absolute Gasteiger partial charge is 0.373 e. The standard InChI is InChI=1S/C15H15F2N3S/c1-8-13(18-2)19-14(9-3-4-9)20-15(8)21-10-5-6-11(16)12(17)7-10/h5-7,9H,3-4H2,1-2H3,(H,18,19,20). The maximum atomic E-state index is 13.3. The van der Waals surface area contributed by atoms with Crippen molar-refractivity contribution in [2.75, 3.05) is 12.4 Å². The minimum absolute atomic E-state index is 0.432. The summed E-state index contributed by atoms with van der Waals surface area (Å²) < 4.78 is 26.3. The molecule has 6 heteroatoms. The van der Waals surface area contributed by atoms with Gasteiger partial charge in [0.05, 0.1) is 0 Å². The van der Waals surface area contributed by atoms with Crippen LogP contribution in [-0.4, -0.2) is 17.0 Å². The third kappa shape index (κ3) is 3.00. The Morgan fingerprint density at radius 1 is 1.19 bits per heavy atom. The molecule has 0 spiro atoms. The van der Waals surface area contributed by atoms with Gasteiger partial charge in [0.1, 0.15) is 16.7 Å². The zero-order chi connectivity index (χ0) is 15.0. The van der Waals surface area contributed by atoms with Crippen LogP contribution in [0.5, 0.6) is 0 Å². The Kier molecular flexibility index (Phi) is 3.80. The van der Waals surface area contributed by atoms with Crippen molar-refractivity contribution >= 4 is 17.6 Å². The van der Waals surface area contributed by atoms with Crippen LogP contribution in [0.3, 0.4) is 0 Å². The quantitative estimate of drug-likeness (QED) is 0.862. The van der Waals surface area contributed by atoms with Crippen LogP contribution in [0.15, 0.2) is 28.1 Å². The molecule has 2 aromatic rings. The lowest BCUT2D eigenvalue weighted by atomic mass is 10.3. The third-order valence-corrected chi connectivity index (χ3v) is 4.48.